The summed E-state index contributed by atoms with van der Waals surface area (Å²) >= 11 is 1.30. The third-order valence-corrected chi connectivity index (χ3v) is 3.89. The number of nitro benzene ring substituents is 1. The lowest BCUT2D eigenvalue weighted by Gasteiger charge is -2.08. The van der Waals surface area contributed by atoms with Crippen molar-refractivity contribution in [2.45, 2.75) is 24.4 Å². The minimum absolute atomic E-state index is 0.0921. The number of nitrogen functional groups attached to an aromatic ring is 1. The van der Waals surface area contributed by atoms with E-state index in [1.54, 1.807) is 12.1 Å². The summed E-state index contributed by atoms with van der Waals surface area (Å²) in [6.45, 7) is 2.33. The van der Waals surface area contributed by atoms with Gasteiger partial charge in [0.2, 0.25) is 0 Å². The Morgan fingerprint density at radius 3 is 2.95 bits per heavy atom. The van der Waals surface area contributed by atoms with E-state index in [1.807, 2.05) is 6.92 Å². The van der Waals surface area contributed by atoms with Gasteiger partial charge in [0.15, 0.2) is 5.16 Å². The summed E-state index contributed by atoms with van der Waals surface area (Å²) in [7, 11) is 0. The molecule has 9 nitrogen and oxygen atoms in total. The number of aromatic amines is 1. The van der Waals surface area contributed by atoms with Crippen molar-refractivity contribution in [3.63, 3.8) is 0 Å². The minimum atomic E-state index is -0.500. The zero-order valence-corrected chi connectivity index (χ0v) is 12.0. The van der Waals surface area contributed by atoms with Gasteiger partial charge in [0.1, 0.15) is 5.69 Å². The average molecular weight is 310 g/mol. The van der Waals surface area contributed by atoms with Crippen molar-refractivity contribution in [3.8, 4) is 0 Å². The molecule has 0 atom stereocenters. The lowest BCUT2D eigenvalue weighted by molar-refractivity contribution is -0.384. The number of nitro groups is 1. The van der Waals surface area contributed by atoms with E-state index in [0.29, 0.717) is 23.0 Å². The number of benzene rings is 1. The highest BCUT2D eigenvalue weighted by Gasteiger charge is 2.17. The monoisotopic (exact) mass is 310 g/mol. The molecule has 0 fully saturated rings. The summed E-state index contributed by atoms with van der Waals surface area (Å²) in [6.07, 6.45) is 0. The summed E-state index contributed by atoms with van der Waals surface area (Å²) in [5.41, 5.74) is 2.91. The normalized spacial score (nSPS) is 10.6. The largest absolute Gasteiger partial charge is 0.343 e. The number of para-hydroxylation sites is 1. The van der Waals surface area contributed by atoms with Gasteiger partial charge in [-0.2, -0.15) is 0 Å². The Labute approximate surface area is 123 Å². The van der Waals surface area contributed by atoms with Crippen LogP contribution >= 0.6 is 11.8 Å². The van der Waals surface area contributed by atoms with E-state index < -0.39 is 4.92 Å². The van der Waals surface area contributed by atoms with Crippen LogP contribution in [0.3, 0.4) is 0 Å². The molecule has 2 aromatic rings. The molecule has 10 heteroatoms. The molecule has 1 heterocycles. The molecule has 0 saturated carbocycles. The first-order valence-electron chi connectivity index (χ1n) is 6.09. The lowest BCUT2D eigenvalue weighted by Crippen LogP contribution is -2.16. The van der Waals surface area contributed by atoms with Gasteiger partial charge in [-0.1, -0.05) is 23.9 Å². The van der Waals surface area contributed by atoms with Gasteiger partial charge in [0.25, 0.3) is 5.69 Å². The van der Waals surface area contributed by atoms with Gasteiger partial charge in [0, 0.05) is 18.4 Å². The summed E-state index contributed by atoms with van der Waals surface area (Å²) in [5, 5.41) is 17.8. The second-order valence-electron chi connectivity index (χ2n) is 4.06. The van der Waals surface area contributed by atoms with Crippen LogP contribution in [0.25, 0.3) is 0 Å². The van der Waals surface area contributed by atoms with Gasteiger partial charge in [-0.3, -0.25) is 20.5 Å². The highest BCUT2D eigenvalue weighted by molar-refractivity contribution is 7.98. The zero-order chi connectivity index (χ0) is 15.4. The third kappa shape index (κ3) is 3.06. The predicted molar refractivity (Wildman–Crippen MR) is 79.0 cm³/mol. The maximum Gasteiger partial charge on any atom is 0.343 e. The number of nitrogens with zero attached hydrogens (tertiary/aromatic N) is 3. The van der Waals surface area contributed by atoms with Crippen LogP contribution < -0.4 is 17.0 Å². The van der Waals surface area contributed by atoms with E-state index in [-0.39, 0.29) is 17.1 Å². The number of nitrogens with one attached hydrogen (secondary N) is 2. The van der Waals surface area contributed by atoms with Crippen molar-refractivity contribution in [3.05, 3.63) is 44.4 Å². The number of aromatic nitrogens is 3. The zero-order valence-electron chi connectivity index (χ0n) is 11.2. The Morgan fingerprint density at radius 1 is 1.57 bits per heavy atom. The molecule has 0 saturated heterocycles. The van der Waals surface area contributed by atoms with Crippen LogP contribution in [0, 0.1) is 10.1 Å². The molecule has 0 unspecified atom stereocenters. The highest BCUT2D eigenvalue weighted by Crippen LogP contribution is 2.31. The van der Waals surface area contributed by atoms with Crippen LogP contribution in [0.5, 0.6) is 0 Å². The van der Waals surface area contributed by atoms with Crippen molar-refractivity contribution < 1.29 is 4.92 Å². The fraction of sp³-hybridized carbons (Fsp3) is 0.273. The van der Waals surface area contributed by atoms with Gasteiger partial charge >= 0.3 is 5.69 Å². The fourth-order valence-electron chi connectivity index (χ4n) is 1.86. The van der Waals surface area contributed by atoms with Crippen LogP contribution in [0.1, 0.15) is 12.5 Å². The molecule has 0 amide bonds. The molecule has 4 N–H and O–H groups in total. The Hall–Kier alpha value is -2.33. The standard InChI is InChI=1S/C11H14N6O3S/c1-2-16-10(18)14-15-11(16)21-6-7-4-3-5-8(17(19)20)9(7)13-12/h3-5,13H,2,6,12H2,1H3,(H,14,18). The van der Waals surface area contributed by atoms with E-state index in [1.165, 1.54) is 22.4 Å². The Bertz CT molecular complexity index is 710. The topological polar surface area (TPSA) is 132 Å². The van der Waals surface area contributed by atoms with E-state index in [0.717, 1.165) is 0 Å². The van der Waals surface area contributed by atoms with Crippen molar-refractivity contribution in [1.29, 1.82) is 0 Å². The maximum atomic E-state index is 11.5. The van der Waals surface area contributed by atoms with Crippen LogP contribution in [0.4, 0.5) is 11.4 Å². The number of thioether (sulfide) groups is 1. The molecule has 0 aliphatic rings. The molecular formula is C11H14N6O3S. The molecule has 2 rings (SSSR count). The molecule has 0 aliphatic heterocycles. The second kappa shape index (κ2) is 6.41. The molecule has 0 bridgehead atoms. The van der Waals surface area contributed by atoms with Crippen molar-refractivity contribution >= 4 is 23.1 Å². The Balaban J connectivity index is 2.26. The number of anilines is 1. The summed E-state index contributed by atoms with van der Waals surface area (Å²) in [5.74, 6) is 5.77. The van der Waals surface area contributed by atoms with Gasteiger partial charge in [-0.05, 0) is 12.5 Å². The predicted octanol–water partition coefficient (Wildman–Crippen LogP) is 1.08. The van der Waals surface area contributed by atoms with E-state index in [9.17, 15) is 14.9 Å². The lowest BCUT2D eigenvalue weighted by atomic mass is 10.2. The van der Waals surface area contributed by atoms with E-state index in [2.05, 4.69) is 15.6 Å². The second-order valence-corrected chi connectivity index (χ2v) is 5.00. The Morgan fingerprint density at radius 2 is 2.33 bits per heavy atom. The molecule has 0 spiro atoms. The van der Waals surface area contributed by atoms with Crippen molar-refractivity contribution in [2.75, 3.05) is 5.43 Å². The molecule has 1 aromatic carbocycles. The summed E-state index contributed by atoms with van der Waals surface area (Å²) in [4.78, 5) is 21.9. The molecule has 21 heavy (non-hydrogen) atoms. The average Bonchev–Trinajstić information content (AvgIpc) is 2.84. The number of rotatable bonds is 6. The van der Waals surface area contributed by atoms with Crippen LogP contribution in [0.2, 0.25) is 0 Å². The highest BCUT2D eigenvalue weighted by atomic mass is 32.2. The van der Waals surface area contributed by atoms with Crippen LogP contribution in [-0.4, -0.2) is 19.7 Å². The third-order valence-electron chi connectivity index (χ3n) is 2.87. The Kier molecular flexibility index (Phi) is 4.60. The van der Waals surface area contributed by atoms with Gasteiger partial charge in [-0.25, -0.2) is 9.89 Å². The SMILES string of the molecule is CCn1c(SCc2cccc([N+](=O)[O-])c2NN)n[nH]c1=O. The maximum absolute atomic E-state index is 11.5. The number of nitrogens with two attached hydrogens (primary N) is 1. The van der Waals surface area contributed by atoms with Gasteiger partial charge in [0.05, 0.1) is 4.92 Å². The molecular weight excluding hydrogens is 296 g/mol. The smallest absolute Gasteiger partial charge is 0.318 e. The van der Waals surface area contributed by atoms with Crippen molar-refractivity contribution in [1.82, 2.24) is 14.8 Å². The van der Waals surface area contributed by atoms with Crippen LogP contribution in [0.15, 0.2) is 28.2 Å². The quantitative estimate of drug-likeness (QED) is 0.315. The van der Waals surface area contributed by atoms with Gasteiger partial charge < -0.3 is 5.43 Å². The fourth-order valence-corrected chi connectivity index (χ4v) is 2.86. The summed E-state index contributed by atoms with van der Waals surface area (Å²) < 4.78 is 1.48. The number of hydrogen-bond acceptors (Lipinski definition) is 7. The molecule has 0 aliphatic carbocycles. The number of hydrazine groups is 1. The molecule has 0 radical (unpaired) electrons. The molecule has 1 aromatic heterocycles. The first kappa shape index (κ1) is 15.1. The van der Waals surface area contributed by atoms with Crippen molar-refractivity contribution in [2.24, 2.45) is 5.84 Å². The number of H-pyrrole nitrogens is 1. The number of hydrogen-bond donors (Lipinski definition) is 3. The van der Waals surface area contributed by atoms with Crippen LogP contribution in [-0.2, 0) is 12.3 Å². The summed E-state index contributed by atoms with van der Waals surface area (Å²) in [6, 6.07) is 4.70. The first-order chi connectivity index (χ1) is 10.1. The molecule has 112 valence electrons. The first-order valence-corrected chi connectivity index (χ1v) is 7.08. The van der Waals surface area contributed by atoms with E-state index in [4.69, 9.17) is 5.84 Å². The minimum Gasteiger partial charge on any atom is -0.318 e. The van der Waals surface area contributed by atoms with E-state index >= 15 is 0 Å². The van der Waals surface area contributed by atoms with Gasteiger partial charge in [-0.15, -0.1) is 5.10 Å².